The average molecular weight is 407 g/mol. The maximum atomic E-state index is 12.7. The summed E-state index contributed by atoms with van der Waals surface area (Å²) in [7, 11) is 0. The number of piperidine rings is 1. The second-order valence-corrected chi connectivity index (χ2v) is 7.60. The van der Waals surface area contributed by atoms with Crippen molar-refractivity contribution in [1.82, 2.24) is 4.90 Å². The van der Waals surface area contributed by atoms with Crippen LogP contribution in [0.15, 0.2) is 57.7 Å². The van der Waals surface area contributed by atoms with Crippen LogP contribution in [0.5, 0.6) is 5.75 Å². The first kappa shape index (κ1) is 20.2. The van der Waals surface area contributed by atoms with Gasteiger partial charge in [0, 0.05) is 11.9 Å². The first-order chi connectivity index (χ1) is 14.6. The number of likely N-dealkylation sites (tertiary alicyclic amines) is 1. The lowest BCUT2D eigenvalue weighted by molar-refractivity contribution is -0.149. The van der Waals surface area contributed by atoms with Gasteiger partial charge in [-0.15, -0.1) is 0 Å². The molecule has 6 nitrogen and oxygen atoms in total. The summed E-state index contributed by atoms with van der Waals surface area (Å²) >= 11 is 0. The van der Waals surface area contributed by atoms with Crippen molar-refractivity contribution in [3.8, 4) is 16.9 Å². The van der Waals surface area contributed by atoms with Gasteiger partial charge in [-0.3, -0.25) is 9.69 Å². The zero-order valence-electron chi connectivity index (χ0n) is 17.0. The summed E-state index contributed by atoms with van der Waals surface area (Å²) in [6.45, 7) is 4.09. The molecular weight excluding hydrogens is 382 g/mol. The SMILES string of the molecule is CCOC(=O)C1CCN(Cc2c(O)ccc3cc(-c4ccccc4)c(=O)oc23)CC1. The van der Waals surface area contributed by atoms with Crippen molar-refractivity contribution in [3.63, 3.8) is 0 Å². The van der Waals surface area contributed by atoms with Crippen LogP contribution in [0.25, 0.3) is 22.1 Å². The molecule has 0 spiro atoms. The number of fused-ring (bicyclic) bond motifs is 1. The maximum Gasteiger partial charge on any atom is 0.344 e. The van der Waals surface area contributed by atoms with Crippen LogP contribution in [-0.2, 0) is 16.1 Å². The molecule has 0 radical (unpaired) electrons. The lowest BCUT2D eigenvalue weighted by Crippen LogP contribution is -2.36. The normalized spacial score (nSPS) is 15.4. The van der Waals surface area contributed by atoms with Crippen LogP contribution in [0.1, 0.15) is 25.3 Å². The Bertz CT molecular complexity index is 1100. The van der Waals surface area contributed by atoms with E-state index in [0.29, 0.717) is 55.8 Å². The summed E-state index contributed by atoms with van der Waals surface area (Å²) in [5.41, 5.74) is 1.87. The smallest absolute Gasteiger partial charge is 0.344 e. The van der Waals surface area contributed by atoms with Gasteiger partial charge in [-0.05, 0) is 56.6 Å². The molecule has 30 heavy (non-hydrogen) atoms. The minimum Gasteiger partial charge on any atom is -0.507 e. The van der Waals surface area contributed by atoms with E-state index in [1.54, 1.807) is 12.1 Å². The first-order valence-corrected chi connectivity index (χ1v) is 10.3. The topological polar surface area (TPSA) is 80.0 Å². The van der Waals surface area contributed by atoms with Gasteiger partial charge in [0.2, 0.25) is 0 Å². The quantitative estimate of drug-likeness (QED) is 0.510. The van der Waals surface area contributed by atoms with Crippen LogP contribution in [0.3, 0.4) is 0 Å². The minimum absolute atomic E-state index is 0.0753. The van der Waals surface area contributed by atoms with Crippen molar-refractivity contribution in [2.24, 2.45) is 5.92 Å². The lowest BCUT2D eigenvalue weighted by atomic mass is 9.96. The Balaban J connectivity index is 1.59. The number of ether oxygens (including phenoxy) is 1. The number of carbonyl (C=O) groups is 1. The largest absolute Gasteiger partial charge is 0.507 e. The third-order valence-electron chi connectivity index (χ3n) is 5.65. The van der Waals surface area contributed by atoms with Crippen molar-refractivity contribution in [2.75, 3.05) is 19.7 Å². The monoisotopic (exact) mass is 407 g/mol. The van der Waals surface area contributed by atoms with E-state index < -0.39 is 5.63 Å². The molecule has 1 N–H and O–H groups in total. The molecule has 1 saturated heterocycles. The highest BCUT2D eigenvalue weighted by atomic mass is 16.5. The van der Waals surface area contributed by atoms with Gasteiger partial charge in [-0.1, -0.05) is 30.3 Å². The Labute approximate surface area is 174 Å². The van der Waals surface area contributed by atoms with Crippen LogP contribution in [0, 0.1) is 5.92 Å². The first-order valence-electron chi connectivity index (χ1n) is 10.3. The molecular formula is C24H25NO5. The molecule has 1 aliphatic heterocycles. The van der Waals surface area contributed by atoms with E-state index in [2.05, 4.69) is 4.90 Å². The van der Waals surface area contributed by atoms with E-state index in [1.165, 1.54) is 0 Å². The van der Waals surface area contributed by atoms with Gasteiger partial charge in [-0.25, -0.2) is 4.79 Å². The minimum atomic E-state index is -0.429. The Morgan fingerprint density at radius 2 is 1.90 bits per heavy atom. The average Bonchev–Trinajstić information content (AvgIpc) is 2.77. The van der Waals surface area contributed by atoms with Gasteiger partial charge in [-0.2, -0.15) is 0 Å². The van der Waals surface area contributed by atoms with Crippen LogP contribution in [0.4, 0.5) is 0 Å². The summed E-state index contributed by atoms with van der Waals surface area (Å²) in [5, 5.41) is 11.2. The summed E-state index contributed by atoms with van der Waals surface area (Å²) in [6, 6.07) is 14.6. The molecule has 6 heteroatoms. The third-order valence-corrected chi connectivity index (χ3v) is 5.65. The van der Waals surface area contributed by atoms with E-state index in [-0.39, 0.29) is 17.6 Å². The van der Waals surface area contributed by atoms with Crippen LogP contribution >= 0.6 is 0 Å². The summed E-state index contributed by atoms with van der Waals surface area (Å²) in [4.78, 5) is 26.8. The maximum absolute atomic E-state index is 12.7. The Morgan fingerprint density at radius 1 is 1.17 bits per heavy atom. The van der Waals surface area contributed by atoms with Crippen molar-refractivity contribution >= 4 is 16.9 Å². The zero-order chi connectivity index (χ0) is 21.1. The van der Waals surface area contributed by atoms with Crippen LogP contribution in [-0.4, -0.2) is 35.7 Å². The molecule has 0 atom stereocenters. The number of hydrogen-bond donors (Lipinski definition) is 1. The van der Waals surface area contributed by atoms with Crippen molar-refractivity contribution in [2.45, 2.75) is 26.3 Å². The number of nitrogens with zero attached hydrogens (tertiary/aromatic N) is 1. The predicted octanol–water partition coefficient (Wildman–Crippen LogP) is 3.94. The highest BCUT2D eigenvalue weighted by Crippen LogP contribution is 2.31. The molecule has 4 rings (SSSR count). The summed E-state index contributed by atoms with van der Waals surface area (Å²) < 4.78 is 10.8. The molecule has 1 aliphatic rings. The standard InChI is InChI=1S/C24H25NO5/c1-2-29-23(27)17-10-12-25(13-11-17)15-20-21(26)9-8-18-14-19(24(28)30-22(18)20)16-6-4-3-5-7-16/h3-9,14,17,26H,2,10-13,15H2,1H3. The molecule has 0 amide bonds. The highest BCUT2D eigenvalue weighted by Gasteiger charge is 2.27. The van der Waals surface area contributed by atoms with Gasteiger partial charge < -0.3 is 14.3 Å². The van der Waals surface area contributed by atoms with E-state index in [1.807, 2.05) is 43.3 Å². The Hall–Kier alpha value is -3.12. The molecule has 2 aromatic carbocycles. The van der Waals surface area contributed by atoms with Gasteiger partial charge in [0.05, 0.1) is 23.7 Å². The van der Waals surface area contributed by atoms with E-state index >= 15 is 0 Å². The van der Waals surface area contributed by atoms with E-state index in [0.717, 1.165) is 10.9 Å². The van der Waals surface area contributed by atoms with Gasteiger partial charge in [0.15, 0.2) is 0 Å². The Kier molecular flexibility index (Phi) is 5.86. The highest BCUT2D eigenvalue weighted by molar-refractivity contribution is 5.85. The molecule has 0 saturated carbocycles. The molecule has 2 heterocycles. The molecule has 1 aromatic heterocycles. The molecule has 0 unspecified atom stereocenters. The van der Waals surface area contributed by atoms with Crippen LogP contribution in [0.2, 0.25) is 0 Å². The summed E-state index contributed by atoms with van der Waals surface area (Å²) in [6.07, 6.45) is 1.43. The Morgan fingerprint density at radius 3 is 2.60 bits per heavy atom. The molecule has 156 valence electrons. The van der Waals surface area contributed by atoms with E-state index in [4.69, 9.17) is 9.15 Å². The fraction of sp³-hybridized carbons (Fsp3) is 0.333. The van der Waals surface area contributed by atoms with Crippen LogP contribution < -0.4 is 5.63 Å². The number of aromatic hydroxyl groups is 1. The fourth-order valence-electron chi connectivity index (χ4n) is 4.01. The van der Waals surface area contributed by atoms with Crippen molar-refractivity contribution in [1.29, 1.82) is 0 Å². The van der Waals surface area contributed by atoms with Gasteiger partial charge in [0.1, 0.15) is 11.3 Å². The number of phenolic OH excluding ortho intramolecular Hbond substituents is 1. The second kappa shape index (κ2) is 8.71. The molecule has 0 bridgehead atoms. The zero-order valence-corrected chi connectivity index (χ0v) is 17.0. The summed E-state index contributed by atoms with van der Waals surface area (Å²) in [5.74, 6) is -0.107. The third kappa shape index (κ3) is 4.09. The molecule has 3 aromatic rings. The number of rotatable bonds is 5. The van der Waals surface area contributed by atoms with Gasteiger partial charge in [0.25, 0.3) is 0 Å². The van der Waals surface area contributed by atoms with E-state index in [9.17, 15) is 14.7 Å². The van der Waals surface area contributed by atoms with Gasteiger partial charge >= 0.3 is 11.6 Å². The number of benzene rings is 2. The number of carbonyl (C=O) groups excluding carboxylic acids is 1. The number of hydrogen-bond acceptors (Lipinski definition) is 6. The molecule has 0 aliphatic carbocycles. The fourth-order valence-corrected chi connectivity index (χ4v) is 4.01. The lowest BCUT2D eigenvalue weighted by Gasteiger charge is -2.31. The predicted molar refractivity (Wildman–Crippen MR) is 114 cm³/mol. The number of phenols is 1. The van der Waals surface area contributed by atoms with Crippen molar-refractivity contribution in [3.05, 3.63) is 64.5 Å². The number of esters is 1. The van der Waals surface area contributed by atoms with Crippen molar-refractivity contribution < 1.29 is 19.1 Å². The second-order valence-electron chi connectivity index (χ2n) is 7.60. The molecule has 1 fully saturated rings.